The largest absolute Gasteiger partial charge is 0.396 e. The molecule has 0 bridgehead atoms. The Morgan fingerprint density at radius 1 is 1.22 bits per heavy atom. The lowest BCUT2D eigenvalue weighted by Crippen LogP contribution is -2.28. The highest BCUT2D eigenvalue weighted by atomic mass is 32.1. The third kappa shape index (κ3) is 5.24. The highest BCUT2D eigenvalue weighted by Crippen LogP contribution is 2.40. The summed E-state index contributed by atoms with van der Waals surface area (Å²) in [6.07, 6.45) is 5.10. The fourth-order valence-electron chi connectivity index (χ4n) is 3.77. The first-order valence-corrected chi connectivity index (χ1v) is 12.2. The minimum absolute atomic E-state index is 0.00649. The number of ether oxygens (including phenoxy) is 1. The minimum Gasteiger partial charge on any atom is -0.396 e. The van der Waals surface area contributed by atoms with E-state index in [1.54, 1.807) is 11.3 Å². The summed E-state index contributed by atoms with van der Waals surface area (Å²) in [5, 5.41) is 21.3. The van der Waals surface area contributed by atoms with Crippen LogP contribution in [0.4, 0.5) is 11.5 Å². The highest BCUT2D eigenvalue weighted by Gasteiger charge is 2.23. The summed E-state index contributed by atoms with van der Waals surface area (Å²) in [6.45, 7) is 12.1. The Hall–Kier alpha value is -2.16. The van der Waals surface area contributed by atoms with Gasteiger partial charge in [0.1, 0.15) is 5.82 Å². The van der Waals surface area contributed by atoms with Gasteiger partial charge in [-0.1, -0.05) is 13.8 Å². The summed E-state index contributed by atoms with van der Waals surface area (Å²) in [4.78, 5) is 6.03. The Labute approximate surface area is 194 Å². The SMILES string of the molecule is CC(C)(CO)CNc1cc(NC(C)(C)C)nc2cc(-c3ccnn3C3CCCCO3)sc12. The number of anilines is 2. The van der Waals surface area contributed by atoms with E-state index in [0.29, 0.717) is 6.54 Å². The molecule has 4 rings (SSSR count). The Bertz CT molecular complexity index is 1060. The van der Waals surface area contributed by atoms with Crippen molar-refractivity contribution in [3.8, 4) is 10.6 Å². The fourth-order valence-corrected chi connectivity index (χ4v) is 4.88. The van der Waals surface area contributed by atoms with E-state index in [1.165, 1.54) is 0 Å². The molecule has 1 aliphatic rings. The molecule has 1 fully saturated rings. The van der Waals surface area contributed by atoms with Gasteiger partial charge in [-0.15, -0.1) is 11.3 Å². The summed E-state index contributed by atoms with van der Waals surface area (Å²) in [7, 11) is 0. The van der Waals surface area contributed by atoms with Crippen LogP contribution in [0.2, 0.25) is 0 Å². The highest BCUT2D eigenvalue weighted by molar-refractivity contribution is 7.22. The van der Waals surface area contributed by atoms with Gasteiger partial charge in [0.15, 0.2) is 6.23 Å². The molecule has 3 aromatic heterocycles. The molecule has 1 unspecified atom stereocenters. The third-order valence-corrected chi connectivity index (χ3v) is 6.70. The Morgan fingerprint density at radius 3 is 2.72 bits per heavy atom. The second-order valence-electron chi connectivity index (χ2n) is 10.4. The van der Waals surface area contributed by atoms with Crippen molar-refractivity contribution in [2.75, 3.05) is 30.4 Å². The van der Waals surface area contributed by atoms with Gasteiger partial charge < -0.3 is 20.5 Å². The quantitative estimate of drug-likeness (QED) is 0.434. The number of pyridine rings is 1. The molecule has 0 aliphatic carbocycles. The molecule has 8 heteroatoms. The maximum atomic E-state index is 9.69. The fraction of sp³-hybridized carbons (Fsp3) is 0.583. The first-order chi connectivity index (χ1) is 15.1. The van der Waals surface area contributed by atoms with Crippen molar-refractivity contribution in [1.82, 2.24) is 14.8 Å². The van der Waals surface area contributed by atoms with Crippen LogP contribution < -0.4 is 10.6 Å². The average Bonchev–Trinajstić information content (AvgIpc) is 3.38. The van der Waals surface area contributed by atoms with Crippen molar-refractivity contribution in [1.29, 1.82) is 0 Å². The molecular weight excluding hydrogens is 422 g/mol. The van der Waals surface area contributed by atoms with E-state index < -0.39 is 0 Å². The van der Waals surface area contributed by atoms with Gasteiger partial charge in [0, 0.05) is 43.0 Å². The lowest BCUT2D eigenvalue weighted by Gasteiger charge is -2.24. The van der Waals surface area contributed by atoms with Crippen molar-refractivity contribution in [2.45, 2.75) is 65.6 Å². The maximum absolute atomic E-state index is 9.69. The van der Waals surface area contributed by atoms with Crippen LogP contribution in [-0.2, 0) is 4.74 Å². The van der Waals surface area contributed by atoms with E-state index in [-0.39, 0.29) is 23.8 Å². The molecule has 1 aliphatic heterocycles. The van der Waals surface area contributed by atoms with E-state index in [2.05, 4.69) is 68.6 Å². The van der Waals surface area contributed by atoms with Crippen LogP contribution in [0, 0.1) is 5.41 Å². The molecule has 7 nitrogen and oxygen atoms in total. The van der Waals surface area contributed by atoms with Crippen LogP contribution in [0.15, 0.2) is 24.4 Å². The van der Waals surface area contributed by atoms with Gasteiger partial charge in [0.2, 0.25) is 0 Å². The number of fused-ring (bicyclic) bond motifs is 1. The van der Waals surface area contributed by atoms with Crippen molar-refractivity contribution in [3.63, 3.8) is 0 Å². The maximum Gasteiger partial charge on any atom is 0.150 e. The lowest BCUT2D eigenvalue weighted by atomic mass is 9.95. The van der Waals surface area contributed by atoms with E-state index in [9.17, 15) is 5.11 Å². The molecule has 0 amide bonds. The number of aliphatic hydroxyl groups is 1. The zero-order valence-corrected chi connectivity index (χ0v) is 20.6. The topological polar surface area (TPSA) is 84.2 Å². The van der Waals surface area contributed by atoms with E-state index in [0.717, 1.165) is 58.2 Å². The van der Waals surface area contributed by atoms with Crippen LogP contribution in [0.1, 0.15) is 60.1 Å². The predicted octanol–water partition coefficient (Wildman–Crippen LogP) is 5.50. The number of thiophene rings is 1. The molecule has 3 N–H and O–H groups in total. The Morgan fingerprint density at radius 2 is 2.03 bits per heavy atom. The third-order valence-electron chi connectivity index (χ3n) is 5.52. The van der Waals surface area contributed by atoms with Crippen molar-refractivity contribution >= 4 is 33.1 Å². The number of rotatable bonds is 7. The summed E-state index contributed by atoms with van der Waals surface area (Å²) >= 11 is 1.71. The number of nitrogens with one attached hydrogen (secondary N) is 2. The normalized spacial score (nSPS) is 17.6. The molecule has 0 saturated carbocycles. The van der Waals surface area contributed by atoms with E-state index in [1.807, 2.05) is 10.9 Å². The first-order valence-electron chi connectivity index (χ1n) is 11.4. The second-order valence-corrected chi connectivity index (χ2v) is 11.5. The molecule has 1 saturated heterocycles. The molecule has 0 aromatic carbocycles. The van der Waals surface area contributed by atoms with Gasteiger partial charge in [0.25, 0.3) is 0 Å². The summed E-state index contributed by atoms with van der Waals surface area (Å²) < 4.78 is 9.10. The molecular formula is C24H35N5O2S. The van der Waals surface area contributed by atoms with Crippen LogP contribution in [0.25, 0.3) is 20.8 Å². The number of aromatic nitrogens is 3. The van der Waals surface area contributed by atoms with Crippen LogP contribution in [0.5, 0.6) is 0 Å². The average molecular weight is 458 g/mol. The minimum atomic E-state index is -0.218. The zero-order chi connectivity index (χ0) is 22.9. The molecule has 0 spiro atoms. The summed E-state index contributed by atoms with van der Waals surface area (Å²) in [5.41, 5.74) is 2.72. The molecule has 32 heavy (non-hydrogen) atoms. The van der Waals surface area contributed by atoms with Gasteiger partial charge in [-0.2, -0.15) is 5.10 Å². The Balaban J connectivity index is 1.73. The van der Waals surface area contributed by atoms with Crippen molar-refractivity contribution < 1.29 is 9.84 Å². The molecule has 1 atom stereocenters. The lowest BCUT2D eigenvalue weighted by molar-refractivity contribution is -0.0383. The van der Waals surface area contributed by atoms with E-state index >= 15 is 0 Å². The molecule has 4 heterocycles. The second kappa shape index (κ2) is 9.00. The number of nitrogens with zero attached hydrogens (tertiary/aromatic N) is 3. The van der Waals surface area contributed by atoms with Gasteiger partial charge in [-0.25, -0.2) is 9.67 Å². The van der Waals surface area contributed by atoms with Crippen molar-refractivity contribution in [2.24, 2.45) is 5.41 Å². The number of hydrogen-bond acceptors (Lipinski definition) is 7. The monoisotopic (exact) mass is 457 g/mol. The van der Waals surface area contributed by atoms with Crippen molar-refractivity contribution in [3.05, 3.63) is 24.4 Å². The summed E-state index contributed by atoms with van der Waals surface area (Å²) in [6, 6.07) is 6.27. The van der Waals surface area contributed by atoms with Gasteiger partial charge >= 0.3 is 0 Å². The summed E-state index contributed by atoms with van der Waals surface area (Å²) in [5.74, 6) is 0.836. The smallest absolute Gasteiger partial charge is 0.150 e. The van der Waals surface area contributed by atoms with Crippen LogP contribution >= 0.6 is 11.3 Å². The van der Waals surface area contributed by atoms with Gasteiger partial charge in [-0.3, -0.25) is 0 Å². The van der Waals surface area contributed by atoms with Gasteiger partial charge in [-0.05, 0) is 52.2 Å². The molecule has 0 radical (unpaired) electrons. The number of hydrogen-bond donors (Lipinski definition) is 3. The standard InChI is InChI=1S/C24H35N5O2S/c1-23(2,3)28-20-13-16(25-14-24(4,5)15-30)22-17(27-20)12-19(32-22)18-9-10-26-29(18)21-8-6-7-11-31-21/h9-10,12-13,21,30H,6-8,11,14-15H2,1-5H3,(H2,25,27,28). The van der Waals surface area contributed by atoms with E-state index in [4.69, 9.17) is 9.72 Å². The predicted molar refractivity (Wildman–Crippen MR) is 132 cm³/mol. The first kappa shape index (κ1) is 23.0. The zero-order valence-electron chi connectivity index (χ0n) is 19.7. The van der Waals surface area contributed by atoms with Crippen LogP contribution in [0.3, 0.4) is 0 Å². The molecule has 3 aromatic rings. The Kier molecular flexibility index (Phi) is 6.47. The van der Waals surface area contributed by atoms with Gasteiger partial charge in [0.05, 0.1) is 26.5 Å². The van der Waals surface area contributed by atoms with Crippen LogP contribution in [-0.4, -0.2) is 45.2 Å². The number of aliphatic hydroxyl groups excluding tert-OH is 1. The molecule has 174 valence electrons.